The standard InChI is InChI=1S/C28H33Cl2N5OS2/c29-24-5-4-19(14-25(24)30)16-35-12-8-22(9-13-35)33-27(36)18-38-28-34-26(17-37-28)20-2-1-3-23(15-20)32-21-6-10-31-11-7-21/h1-5,14-15,17,21-22,31-32H,6-13,16,18H2,(H,33,36). The molecule has 1 aromatic heterocycles. The number of likely N-dealkylation sites (tertiary alicyclic amines) is 1. The third-order valence-corrected chi connectivity index (χ3v) is 9.78. The van der Waals surface area contributed by atoms with Crippen molar-refractivity contribution >= 4 is 57.9 Å². The summed E-state index contributed by atoms with van der Waals surface area (Å²) in [6.07, 6.45) is 4.17. The number of carbonyl (C=O) groups excluding carboxylic acids is 1. The van der Waals surface area contributed by atoms with Gasteiger partial charge in [0.05, 0.1) is 21.5 Å². The minimum absolute atomic E-state index is 0.0721. The quantitative estimate of drug-likeness (QED) is 0.260. The Hall–Kier alpha value is -1.81. The van der Waals surface area contributed by atoms with Crippen LogP contribution in [0, 0.1) is 0 Å². The van der Waals surface area contributed by atoms with Gasteiger partial charge in [-0.05, 0) is 68.6 Å². The summed E-state index contributed by atoms with van der Waals surface area (Å²) in [7, 11) is 0. The van der Waals surface area contributed by atoms with Gasteiger partial charge in [-0.2, -0.15) is 0 Å². The van der Waals surface area contributed by atoms with Crippen molar-refractivity contribution in [3.8, 4) is 11.3 Å². The maximum Gasteiger partial charge on any atom is 0.230 e. The number of thiazole rings is 1. The van der Waals surface area contributed by atoms with Gasteiger partial charge < -0.3 is 16.0 Å². The van der Waals surface area contributed by atoms with E-state index in [-0.39, 0.29) is 11.9 Å². The first-order chi connectivity index (χ1) is 18.5. The predicted octanol–water partition coefficient (Wildman–Crippen LogP) is 6.15. The minimum atomic E-state index is 0.0721. The molecule has 3 aromatic rings. The van der Waals surface area contributed by atoms with Crippen molar-refractivity contribution in [1.29, 1.82) is 0 Å². The highest BCUT2D eigenvalue weighted by Gasteiger charge is 2.21. The summed E-state index contributed by atoms with van der Waals surface area (Å²) in [6, 6.07) is 15.0. The molecular formula is C28H33Cl2N5OS2. The Bertz CT molecular complexity index is 1230. The SMILES string of the molecule is O=C(CSc1nc(-c2cccc(NC3CCNCC3)c2)cs1)NC1CCN(Cc2ccc(Cl)c(Cl)c2)CC1. The van der Waals surface area contributed by atoms with Crippen molar-refractivity contribution in [3.63, 3.8) is 0 Å². The first-order valence-electron chi connectivity index (χ1n) is 13.1. The lowest BCUT2D eigenvalue weighted by Crippen LogP contribution is -2.44. The maximum absolute atomic E-state index is 12.6. The van der Waals surface area contributed by atoms with E-state index >= 15 is 0 Å². The lowest BCUT2D eigenvalue weighted by atomic mass is 10.0. The Morgan fingerprint density at radius 3 is 2.66 bits per heavy atom. The second-order valence-corrected chi connectivity index (χ2v) is 12.8. The summed E-state index contributed by atoms with van der Waals surface area (Å²) >= 11 is 15.3. The molecule has 2 fully saturated rings. The van der Waals surface area contributed by atoms with Crippen molar-refractivity contribution in [2.45, 2.75) is 48.7 Å². The molecule has 0 saturated carbocycles. The fraction of sp³-hybridized carbons (Fsp3) is 0.429. The van der Waals surface area contributed by atoms with Gasteiger partial charge in [-0.1, -0.05) is 53.2 Å². The van der Waals surface area contributed by atoms with Gasteiger partial charge in [0, 0.05) is 48.3 Å². The van der Waals surface area contributed by atoms with Crippen molar-refractivity contribution in [1.82, 2.24) is 20.5 Å². The molecule has 3 heterocycles. The van der Waals surface area contributed by atoms with Crippen LogP contribution in [0.25, 0.3) is 11.3 Å². The summed E-state index contributed by atoms with van der Waals surface area (Å²) in [6.45, 7) is 4.87. The van der Waals surface area contributed by atoms with Gasteiger partial charge in [-0.15, -0.1) is 11.3 Å². The third-order valence-electron chi connectivity index (χ3n) is 7.02. The largest absolute Gasteiger partial charge is 0.382 e. The summed E-state index contributed by atoms with van der Waals surface area (Å²) < 4.78 is 0.920. The molecule has 3 N–H and O–H groups in total. The molecule has 0 bridgehead atoms. The molecule has 0 spiro atoms. The second kappa shape index (κ2) is 13.5. The van der Waals surface area contributed by atoms with Crippen molar-refractivity contribution in [2.75, 3.05) is 37.2 Å². The van der Waals surface area contributed by atoms with E-state index in [9.17, 15) is 4.79 Å². The number of hydrogen-bond acceptors (Lipinski definition) is 7. The molecule has 38 heavy (non-hydrogen) atoms. The summed E-state index contributed by atoms with van der Waals surface area (Å²) in [5, 5.41) is 13.5. The number of benzene rings is 2. The first-order valence-corrected chi connectivity index (χ1v) is 15.8. The van der Waals surface area contributed by atoms with Gasteiger partial charge in [0.15, 0.2) is 4.34 Å². The van der Waals surface area contributed by atoms with Crippen LogP contribution in [0.5, 0.6) is 0 Å². The van der Waals surface area contributed by atoms with E-state index in [4.69, 9.17) is 28.2 Å². The molecule has 1 amide bonds. The minimum Gasteiger partial charge on any atom is -0.382 e. The van der Waals surface area contributed by atoms with Crippen LogP contribution in [0.4, 0.5) is 5.69 Å². The van der Waals surface area contributed by atoms with Crippen LogP contribution in [0.1, 0.15) is 31.2 Å². The Labute approximate surface area is 242 Å². The molecule has 2 saturated heterocycles. The van der Waals surface area contributed by atoms with Crippen LogP contribution in [0.2, 0.25) is 10.0 Å². The molecule has 5 rings (SSSR count). The number of piperidine rings is 2. The number of nitrogens with one attached hydrogen (secondary N) is 3. The van der Waals surface area contributed by atoms with E-state index in [0.717, 1.165) is 85.3 Å². The van der Waals surface area contributed by atoms with Crippen LogP contribution in [-0.4, -0.2) is 59.8 Å². The second-order valence-electron chi connectivity index (χ2n) is 9.90. The Morgan fingerprint density at radius 1 is 1.05 bits per heavy atom. The van der Waals surface area contributed by atoms with E-state index in [0.29, 0.717) is 21.8 Å². The zero-order valence-corrected chi connectivity index (χ0v) is 24.4. The Kier molecular flexibility index (Phi) is 9.86. The van der Waals surface area contributed by atoms with Gasteiger partial charge in [0.2, 0.25) is 5.91 Å². The van der Waals surface area contributed by atoms with E-state index in [1.54, 1.807) is 11.3 Å². The van der Waals surface area contributed by atoms with Crippen LogP contribution in [-0.2, 0) is 11.3 Å². The number of nitrogens with zero attached hydrogens (tertiary/aromatic N) is 2. The Morgan fingerprint density at radius 2 is 1.87 bits per heavy atom. The number of carbonyl (C=O) groups is 1. The third kappa shape index (κ3) is 7.87. The van der Waals surface area contributed by atoms with Gasteiger partial charge >= 0.3 is 0 Å². The van der Waals surface area contributed by atoms with E-state index in [1.165, 1.54) is 11.8 Å². The molecule has 2 aliphatic rings. The van der Waals surface area contributed by atoms with Gasteiger partial charge in [0.25, 0.3) is 0 Å². The normalized spacial score (nSPS) is 17.4. The maximum atomic E-state index is 12.6. The zero-order chi connectivity index (χ0) is 26.3. The highest BCUT2D eigenvalue weighted by molar-refractivity contribution is 8.01. The number of hydrogen-bond donors (Lipinski definition) is 3. The van der Waals surface area contributed by atoms with E-state index < -0.39 is 0 Å². The van der Waals surface area contributed by atoms with Crippen LogP contribution in [0.15, 0.2) is 52.2 Å². The topological polar surface area (TPSA) is 69.3 Å². The lowest BCUT2D eigenvalue weighted by Gasteiger charge is -2.32. The number of amides is 1. The van der Waals surface area contributed by atoms with Crippen molar-refractivity contribution < 1.29 is 4.79 Å². The number of rotatable bonds is 9. The average Bonchev–Trinajstić information content (AvgIpc) is 3.41. The van der Waals surface area contributed by atoms with Crippen LogP contribution >= 0.6 is 46.3 Å². The van der Waals surface area contributed by atoms with Gasteiger partial charge in [-0.3, -0.25) is 9.69 Å². The average molecular weight is 591 g/mol. The number of halogens is 2. The van der Waals surface area contributed by atoms with Crippen molar-refractivity contribution in [3.05, 3.63) is 63.5 Å². The predicted molar refractivity (Wildman–Crippen MR) is 161 cm³/mol. The molecule has 6 nitrogen and oxygen atoms in total. The first kappa shape index (κ1) is 27.7. The monoisotopic (exact) mass is 589 g/mol. The van der Waals surface area contributed by atoms with Gasteiger partial charge in [0.1, 0.15) is 0 Å². The summed E-state index contributed by atoms with van der Waals surface area (Å²) in [5.74, 6) is 0.455. The van der Waals surface area contributed by atoms with Crippen molar-refractivity contribution in [2.24, 2.45) is 0 Å². The molecule has 2 aliphatic heterocycles. The molecule has 2 aromatic carbocycles. The van der Waals surface area contributed by atoms with Crippen LogP contribution < -0.4 is 16.0 Å². The Balaban J connectivity index is 1.05. The summed E-state index contributed by atoms with van der Waals surface area (Å²) in [4.78, 5) is 19.8. The molecule has 0 unspecified atom stereocenters. The molecule has 10 heteroatoms. The van der Waals surface area contributed by atoms with Gasteiger partial charge in [-0.25, -0.2) is 4.98 Å². The number of thioether (sulfide) groups is 1. The molecule has 0 radical (unpaired) electrons. The fourth-order valence-electron chi connectivity index (χ4n) is 4.95. The highest BCUT2D eigenvalue weighted by atomic mass is 35.5. The lowest BCUT2D eigenvalue weighted by molar-refractivity contribution is -0.119. The fourth-order valence-corrected chi connectivity index (χ4v) is 6.92. The van der Waals surface area contributed by atoms with E-state index in [2.05, 4.69) is 50.5 Å². The molecule has 0 aliphatic carbocycles. The van der Waals surface area contributed by atoms with E-state index in [1.807, 2.05) is 18.2 Å². The van der Waals surface area contributed by atoms with Crippen LogP contribution in [0.3, 0.4) is 0 Å². The molecule has 202 valence electrons. The highest BCUT2D eigenvalue weighted by Crippen LogP contribution is 2.30. The number of anilines is 1. The smallest absolute Gasteiger partial charge is 0.230 e. The summed E-state index contributed by atoms with van der Waals surface area (Å²) in [5.41, 5.74) is 4.36. The zero-order valence-electron chi connectivity index (χ0n) is 21.2. The molecular weight excluding hydrogens is 557 g/mol. The number of aromatic nitrogens is 1. The molecule has 0 atom stereocenters.